The van der Waals surface area contributed by atoms with Crippen LogP contribution >= 0.6 is 0 Å². The first-order valence-corrected chi connectivity index (χ1v) is 12.6. The van der Waals surface area contributed by atoms with E-state index in [4.69, 9.17) is 5.21 Å². The maximum atomic E-state index is 12.8. The third-order valence-corrected chi connectivity index (χ3v) is 7.87. The van der Waals surface area contributed by atoms with Crippen molar-refractivity contribution in [2.24, 2.45) is 23.2 Å². The van der Waals surface area contributed by atoms with Crippen LogP contribution in [-0.4, -0.2) is 29.5 Å². The van der Waals surface area contributed by atoms with E-state index in [1.165, 1.54) is 38.5 Å². The van der Waals surface area contributed by atoms with Crippen LogP contribution in [0.3, 0.4) is 0 Å². The molecule has 4 aliphatic carbocycles. The molecule has 0 unspecified atom stereocenters. The molecule has 0 aliphatic heterocycles. The van der Waals surface area contributed by atoms with Crippen LogP contribution in [-0.2, 0) is 9.59 Å². The van der Waals surface area contributed by atoms with E-state index in [9.17, 15) is 14.4 Å². The molecule has 5 rings (SSSR count). The van der Waals surface area contributed by atoms with Crippen molar-refractivity contribution >= 4 is 23.4 Å². The number of carbonyl (C=O) groups is 3. The maximum absolute atomic E-state index is 12.8. The molecule has 7 nitrogen and oxygen atoms in total. The van der Waals surface area contributed by atoms with E-state index in [-0.39, 0.29) is 23.1 Å². The molecule has 1 aromatic carbocycles. The largest absolute Gasteiger partial charge is 0.352 e. The van der Waals surface area contributed by atoms with Crippen molar-refractivity contribution in [1.82, 2.24) is 10.8 Å². The Morgan fingerprint density at radius 3 is 2.06 bits per heavy atom. The van der Waals surface area contributed by atoms with Gasteiger partial charge in [-0.2, -0.15) is 0 Å². The minimum Gasteiger partial charge on any atom is -0.352 e. The van der Waals surface area contributed by atoms with Gasteiger partial charge in [-0.3, -0.25) is 19.6 Å². The van der Waals surface area contributed by atoms with Crippen molar-refractivity contribution in [3.05, 3.63) is 29.8 Å². The van der Waals surface area contributed by atoms with E-state index in [2.05, 4.69) is 10.6 Å². The van der Waals surface area contributed by atoms with Crippen LogP contribution in [0.15, 0.2) is 24.3 Å². The average molecular weight is 456 g/mol. The Hall–Kier alpha value is -2.41. The van der Waals surface area contributed by atoms with Gasteiger partial charge in [0.1, 0.15) is 0 Å². The summed E-state index contributed by atoms with van der Waals surface area (Å²) in [5, 5.41) is 14.4. The van der Waals surface area contributed by atoms with Crippen LogP contribution in [0.2, 0.25) is 0 Å². The molecule has 0 aromatic heterocycles. The second kappa shape index (κ2) is 10.7. The highest BCUT2D eigenvalue weighted by molar-refractivity contribution is 5.95. The molecule has 4 N–H and O–H groups in total. The van der Waals surface area contributed by atoms with E-state index < -0.39 is 0 Å². The number of rotatable bonds is 11. The number of unbranched alkanes of at least 4 members (excludes halogenated alkanes) is 3. The van der Waals surface area contributed by atoms with Gasteiger partial charge in [0.05, 0.1) is 0 Å². The van der Waals surface area contributed by atoms with Gasteiger partial charge in [0.2, 0.25) is 11.8 Å². The normalized spacial score (nSPS) is 27.2. The first-order chi connectivity index (χ1) is 15.9. The lowest BCUT2D eigenvalue weighted by Gasteiger charge is -2.56. The summed E-state index contributed by atoms with van der Waals surface area (Å²) in [6.45, 7) is 0.578. The third kappa shape index (κ3) is 6.34. The van der Waals surface area contributed by atoms with E-state index in [1.807, 2.05) is 0 Å². The van der Waals surface area contributed by atoms with Gasteiger partial charge >= 0.3 is 0 Å². The highest BCUT2D eigenvalue weighted by atomic mass is 16.5. The van der Waals surface area contributed by atoms with Crippen LogP contribution in [0, 0.1) is 23.2 Å². The minimum atomic E-state index is -0.365. The summed E-state index contributed by atoms with van der Waals surface area (Å²) in [6.07, 6.45) is 12.1. The Morgan fingerprint density at radius 1 is 0.848 bits per heavy atom. The van der Waals surface area contributed by atoms with E-state index in [0.29, 0.717) is 24.9 Å². The lowest BCUT2D eigenvalue weighted by atomic mass is 9.49. The third-order valence-electron chi connectivity index (χ3n) is 7.87. The summed E-state index contributed by atoms with van der Waals surface area (Å²) in [5.41, 5.74) is 3.17. The molecule has 0 saturated heterocycles. The lowest BCUT2D eigenvalue weighted by molar-refractivity contribution is -0.129. The summed E-state index contributed by atoms with van der Waals surface area (Å²) < 4.78 is 0. The Bertz CT molecular complexity index is 816. The van der Waals surface area contributed by atoms with Crippen LogP contribution < -0.4 is 16.1 Å². The summed E-state index contributed by atoms with van der Waals surface area (Å²) in [5.74, 6) is 2.14. The predicted octanol–water partition coefficient (Wildman–Crippen LogP) is 4.42. The second-order valence-corrected chi connectivity index (χ2v) is 10.7. The van der Waals surface area contributed by atoms with Gasteiger partial charge in [0.25, 0.3) is 5.91 Å². The fourth-order valence-electron chi connectivity index (χ4n) is 6.88. The highest BCUT2D eigenvalue weighted by Crippen LogP contribution is 2.61. The summed E-state index contributed by atoms with van der Waals surface area (Å²) >= 11 is 0. The zero-order valence-corrected chi connectivity index (χ0v) is 19.4. The fraction of sp³-hybridized carbons (Fsp3) is 0.654. The maximum Gasteiger partial charge on any atom is 0.251 e. The Labute approximate surface area is 196 Å². The number of carbonyl (C=O) groups excluding carboxylic acids is 3. The Kier molecular flexibility index (Phi) is 7.68. The Balaban J connectivity index is 1.16. The molecule has 0 heterocycles. The molecule has 7 heteroatoms. The van der Waals surface area contributed by atoms with Crippen LogP contribution in [0.25, 0.3) is 0 Å². The van der Waals surface area contributed by atoms with Crippen molar-refractivity contribution in [2.45, 2.75) is 77.0 Å². The van der Waals surface area contributed by atoms with Crippen LogP contribution in [0.5, 0.6) is 0 Å². The summed E-state index contributed by atoms with van der Waals surface area (Å²) in [4.78, 5) is 36.1. The van der Waals surface area contributed by atoms with Gasteiger partial charge in [-0.25, -0.2) is 5.48 Å². The lowest BCUT2D eigenvalue weighted by Crippen LogP contribution is -2.47. The van der Waals surface area contributed by atoms with Crippen LogP contribution in [0.4, 0.5) is 5.69 Å². The van der Waals surface area contributed by atoms with E-state index in [1.54, 1.807) is 29.7 Å². The SMILES string of the molecule is O=C(CCCCCCNC(=O)c1ccc(NC(=O)CC23CC4CC(CC(C4)C2)C3)cc1)NO. The van der Waals surface area contributed by atoms with Gasteiger partial charge in [-0.05, 0) is 98.8 Å². The molecule has 3 amide bonds. The van der Waals surface area contributed by atoms with Crippen LogP contribution in [0.1, 0.15) is 87.4 Å². The first-order valence-electron chi connectivity index (χ1n) is 12.6. The topological polar surface area (TPSA) is 108 Å². The molecule has 4 bridgehead atoms. The van der Waals surface area contributed by atoms with Gasteiger partial charge in [-0.1, -0.05) is 12.8 Å². The number of hydrogen-bond donors (Lipinski definition) is 4. The van der Waals surface area contributed by atoms with Crippen molar-refractivity contribution in [3.63, 3.8) is 0 Å². The molecular formula is C26H37N3O4. The number of amides is 3. The number of nitrogens with one attached hydrogen (secondary N) is 3. The van der Waals surface area contributed by atoms with Crippen molar-refractivity contribution in [3.8, 4) is 0 Å². The number of anilines is 1. The summed E-state index contributed by atoms with van der Waals surface area (Å²) in [6, 6.07) is 7.11. The quantitative estimate of drug-likeness (QED) is 0.225. The standard InChI is InChI=1S/C26H37N3O4/c30-23(29-33)5-3-1-2-4-10-27-25(32)21-6-8-22(9-7-21)28-24(31)17-26-14-18-11-19(15-26)13-20(12-18)16-26/h6-9,18-20,33H,1-5,10-17H2,(H,27,32)(H,28,31)(H,29,30). The van der Waals surface area contributed by atoms with Gasteiger partial charge < -0.3 is 10.6 Å². The predicted molar refractivity (Wildman–Crippen MR) is 126 cm³/mol. The molecule has 0 atom stereocenters. The molecular weight excluding hydrogens is 418 g/mol. The average Bonchev–Trinajstić information content (AvgIpc) is 2.77. The van der Waals surface area contributed by atoms with E-state index >= 15 is 0 Å². The van der Waals surface area contributed by atoms with Gasteiger partial charge in [-0.15, -0.1) is 0 Å². The molecule has 4 aliphatic rings. The first kappa shape index (κ1) is 23.7. The molecule has 33 heavy (non-hydrogen) atoms. The van der Waals surface area contributed by atoms with Crippen molar-refractivity contribution < 1.29 is 19.6 Å². The molecule has 180 valence electrons. The fourth-order valence-corrected chi connectivity index (χ4v) is 6.88. The monoisotopic (exact) mass is 455 g/mol. The van der Waals surface area contributed by atoms with Gasteiger partial charge in [0.15, 0.2) is 0 Å². The molecule has 1 aromatic rings. The number of hydroxylamine groups is 1. The molecule has 4 saturated carbocycles. The molecule has 0 spiro atoms. The van der Waals surface area contributed by atoms with Crippen molar-refractivity contribution in [2.75, 3.05) is 11.9 Å². The van der Waals surface area contributed by atoms with E-state index in [0.717, 1.165) is 49.1 Å². The number of benzene rings is 1. The zero-order valence-electron chi connectivity index (χ0n) is 19.4. The van der Waals surface area contributed by atoms with Crippen molar-refractivity contribution in [1.29, 1.82) is 0 Å². The highest BCUT2D eigenvalue weighted by Gasteiger charge is 2.51. The molecule has 0 radical (unpaired) electrons. The molecule has 4 fully saturated rings. The zero-order chi connectivity index (χ0) is 23.3. The minimum absolute atomic E-state index is 0.102. The summed E-state index contributed by atoms with van der Waals surface area (Å²) in [7, 11) is 0. The second-order valence-electron chi connectivity index (χ2n) is 10.7. The number of hydrogen-bond acceptors (Lipinski definition) is 4. The Morgan fingerprint density at radius 2 is 1.45 bits per heavy atom. The smallest absolute Gasteiger partial charge is 0.251 e. The van der Waals surface area contributed by atoms with Gasteiger partial charge in [0, 0.05) is 30.6 Å².